The monoisotopic (exact) mass is 713 g/mol. The summed E-state index contributed by atoms with van der Waals surface area (Å²) in [6, 6.07) is 18.0. The Morgan fingerprint density at radius 2 is 1.61 bits per heavy atom. The van der Waals surface area contributed by atoms with E-state index in [0.29, 0.717) is 60.1 Å². The molecule has 5 rings (SSSR count). The minimum absolute atomic E-state index is 0.0612. The van der Waals surface area contributed by atoms with Crippen LogP contribution in [0.4, 0.5) is 10.5 Å². The molecule has 12 heteroatoms. The molecule has 0 bridgehead atoms. The van der Waals surface area contributed by atoms with Crippen molar-refractivity contribution in [3.8, 4) is 11.1 Å². The lowest BCUT2D eigenvalue weighted by Crippen LogP contribution is -2.37. The van der Waals surface area contributed by atoms with Crippen molar-refractivity contribution in [3.05, 3.63) is 87.9 Å². The number of alkyl carbamates (subject to hydrolysis) is 1. The summed E-state index contributed by atoms with van der Waals surface area (Å²) < 4.78 is 5.35. The van der Waals surface area contributed by atoms with Gasteiger partial charge in [-0.3, -0.25) is 9.59 Å². The number of aliphatic imine (C=N–C) groups is 1. The first-order valence-electron chi connectivity index (χ1n) is 17.2. The van der Waals surface area contributed by atoms with Gasteiger partial charge in [0.2, 0.25) is 5.91 Å². The zero-order valence-corrected chi connectivity index (χ0v) is 30.1. The summed E-state index contributed by atoms with van der Waals surface area (Å²) in [5, 5.41) is 23.6. The third kappa shape index (κ3) is 10.1. The minimum atomic E-state index is -1.04. The van der Waals surface area contributed by atoms with E-state index in [-0.39, 0.29) is 35.5 Å². The van der Waals surface area contributed by atoms with E-state index in [0.717, 1.165) is 29.5 Å². The summed E-state index contributed by atoms with van der Waals surface area (Å²) in [6.45, 7) is 7.95. The van der Waals surface area contributed by atoms with Crippen molar-refractivity contribution >= 4 is 46.9 Å². The Balaban J connectivity index is 1.26. The van der Waals surface area contributed by atoms with Gasteiger partial charge >= 0.3 is 12.1 Å². The Labute approximate surface area is 302 Å². The number of hydrogen-bond donors (Lipinski definition) is 3. The van der Waals surface area contributed by atoms with Crippen molar-refractivity contribution in [2.75, 3.05) is 18.5 Å². The fourth-order valence-corrected chi connectivity index (χ4v) is 6.74. The molecule has 0 radical (unpaired) electrons. The van der Waals surface area contributed by atoms with E-state index < -0.39 is 23.6 Å². The first-order valence-corrected chi connectivity index (χ1v) is 17.6. The maximum atomic E-state index is 13.8. The lowest BCUT2D eigenvalue weighted by atomic mass is 9.77. The molecule has 3 aromatic carbocycles. The van der Waals surface area contributed by atoms with Crippen LogP contribution < -0.4 is 10.6 Å². The van der Waals surface area contributed by atoms with Crippen molar-refractivity contribution in [2.24, 2.45) is 33.0 Å². The number of carboxylic acids is 1. The number of carbonyl (C=O) groups is 4. The Kier molecular flexibility index (Phi) is 12.0. The normalized spacial score (nSPS) is 17.7. The number of hydrogen-bond acceptors (Lipinski definition) is 8. The number of ether oxygens (including phenoxy) is 1. The van der Waals surface area contributed by atoms with Crippen LogP contribution in [0.25, 0.3) is 11.1 Å². The number of aromatic carboxylic acids is 1. The zero-order valence-electron chi connectivity index (χ0n) is 29.4. The highest BCUT2D eigenvalue weighted by Crippen LogP contribution is 2.34. The highest BCUT2D eigenvalue weighted by molar-refractivity contribution is 6.34. The molecule has 1 fully saturated rings. The van der Waals surface area contributed by atoms with Crippen LogP contribution in [0.1, 0.15) is 79.9 Å². The van der Waals surface area contributed by atoms with Gasteiger partial charge in [-0.15, -0.1) is 5.11 Å². The van der Waals surface area contributed by atoms with Gasteiger partial charge in [0.1, 0.15) is 11.4 Å². The summed E-state index contributed by atoms with van der Waals surface area (Å²) in [7, 11) is 0. The van der Waals surface area contributed by atoms with E-state index in [1.165, 1.54) is 0 Å². The van der Waals surface area contributed by atoms with Crippen molar-refractivity contribution in [1.29, 1.82) is 0 Å². The van der Waals surface area contributed by atoms with E-state index >= 15 is 0 Å². The quantitative estimate of drug-likeness (QED) is 0.171. The fraction of sp³-hybridized carbons (Fsp3) is 0.410. The van der Waals surface area contributed by atoms with Gasteiger partial charge in [-0.25, -0.2) is 14.6 Å². The molecule has 1 heterocycles. The first-order chi connectivity index (χ1) is 24.3. The summed E-state index contributed by atoms with van der Waals surface area (Å²) in [4.78, 5) is 55.4. The highest BCUT2D eigenvalue weighted by atomic mass is 35.5. The largest absolute Gasteiger partial charge is 0.478 e. The molecule has 1 saturated carbocycles. The van der Waals surface area contributed by atoms with Crippen LogP contribution in [0.2, 0.25) is 5.02 Å². The number of azo groups is 1. The third-order valence-electron chi connectivity index (χ3n) is 9.28. The Morgan fingerprint density at radius 1 is 0.941 bits per heavy atom. The van der Waals surface area contributed by atoms with Gasteiger partial charge in [-0.05, 0) is 113 Å². The maximum Gasteiger partial charge on any atom is 0.407 e. The lowest BCUT2D eigenvalue weighted by Gasteiger charge is -2.29. The van der Waals surface area contributed by atoms with Gasteiger partial charge in [0.15, 0.2) is 12.5 Å². The number of rotatable bonds is 12. The molecule has 2 amide bonds. The van der Waals surface area contributed by atoms with Crippen LogP contribution in [0.3, 0.4) is 0 Å². The predicted octanol–water partition coefficient (Wildman–Crippen LogP) is 8.27. The number of carbonyl (C=O) groups excluding carboxylic acids is 3. The topological polar surface area (TPSA) is 159 Å². The summed E-state index contributed by atoms with van der Waals surface area (Å²) in [5.74, 6) is -1.20. The van der Waals surface area contributed by atoms with Crippen LogP contribution in [-0.4, -0.2) is 53.5 Å². The molecule has 3 aromatic rings. The van der Waals surface area contributed by atoms with Crippen molar-refractivity contribution in [2.45, 2.75) is 71.8 Å². The van der Waals surface area contributed by atoms with E-state index in [9.17, 15) is 24.3 Å². The molecule has 2 aliphatic rings. The molecule has 51 heavy (non-hydrogen) atoms. The summed E-state index contributed by atoms with van der Waals surface area (Å²) in [5.41, 5.74) is 3.86. The highest BCUT2D eigenvalue weighted by Gasteiger charge is 2.31. The second kappa shape index (κ2) is 16.4. The lowest BCUT2D eigenvalue weighted by molar-refractivity contribution is -0.129. The molecular weight excluding hydrogens is 670 g/mol. The number of anilines is 1. The molecule has 0 aromatic heterocycles. The van der Waals surface area contributed by atoms with E-state index in [1.54, 1.807) is 31.2 Å². The number of Topliss-reactive ketones (excluding diaryl/α,β-unsaturated/α-hetero) is 1. The van der Waals surface area contributed by atoms with Crippen molar-refractivity contribution < 1.29 is 29.0 Å². The minimum Gasteiger partial charge on any atom is -0.478 e. The summed E-state index contributed by atoms with van der Waals surface area (Å²) >= 11 is 6.57. The van der Waals surface area contributed by atoms with E-state index in [2.05, 4.69) is 25.9 Å². The smallest absolute Gasteiger partial charge is 0.407 e. The number of carboxylic acid groups (broad SMARTS) is 1. The number of nitrogens with zero attached hydrogens (tertiary/aromatic N) is 3. The van der Waals surface area contributed by atoms with E-state index in [1.807, 2.05) is 57.2 Å². The Hall–Kier alpha value is -4.90. The van der Waals surface area contributed by atoms with Crippen LogP contribution >= 0.6 is 11.6 Å². The molecular formula is C39H44ClN5O6. The van der Waals surface area contributed by atoms with Crippen LogP contribution in [0, 0.1) is 24.7 Å². The Morgan fingerprint density at radius 3 is 2.22 bits per heavy atom. The third-order valence-corrected chi connectivity index (χ3v) is 9.77. The molecule has 0 spiro atoms. The number of nitrogens with one attached hydrogen (secondary N) is 2. The molecule has 1 aliphatic carbocycles. The molecule has 11 nitrogen and oxygen atoms in total. The first kappa shape index (κ1) is 37.4. The van der Waals surface area contributed by atoms with Crippen molar-refractivity contribution in [1.82, 2.24) is 5.32 Å². The number of ketones is 1. The molecule has 1 atom stereocenters. The zero-order chi connectivity index (χ0) is 36.7. The van der Waals surface area contributed by atoms with Crippen LogP contribution in [0.5, 0.6) is 0 Å². The van der Waals surface area contributed by atoms with Gasteiger partial charge in [0.05, 0.1) is 10.6 Å². The van der Waals surface area contributed by atoms with Gasteiger partial charge in [0, 0.05) is 41.6 Å². The SMILES string of the molecule is Cc1c(C(=O)O)ccc(-c2ccc(C[C@H](CC(=O)C3CCC(CNC(=O)OC(C)(C)C)CC3)C(=O)Nc3ccc(C4=NCN=N4)cc3)cc2)c1Cl. The molecule has 1 aliphatic heterocycles. The second-order valence-electron chi connectivity index (χ2n) is 14.2. The fourth-order valence-electron chi connectivity index (χ4n) is 6.47. The van der Waals surface area contributed by atoms with Gasteiger partial charge < -0.3 is 20.5 Å². The molecule has 0 saturated heterocycles. The Bertz CT molecular complexity index is 1820. The molecule has 268 valence electrons. The average Bonchev–Trinajstić information content (AvgIpc) is 3.64. The van der Waals surface area contributed by atoms with Gasteiger partial charge in [0.25, 0.3) is 0 Å². The van der Waals surface area contributed by atoms with Crippen LogP contribution in [-0.2, 0) is 20.7 Å². The number of amidine groups is 1. The van der Waals surface area contributed by atoms with E-state index in [4.69, 9.17) is 16.3 Å². The number of amides is 2. The van der Waals surface area contributed by atoms with Crippen LogP contribution in [0.15, 0.2) is 75.9 Å². The van der Waals surface area contributed by atoms with Gasteiger partial charge in [-0.2, -0.15) is 5.11 Å². The average molecular weight is 714 g/mol. The molecule has 3 N–H and O–H groups in total. The van der Waals surface area contributed by atoms with Gasteiger partial charge in [-0.1, -0.05) is 41.9 Å². The number of benzene rings is 3. The van der Waals surface area contributed by atoms with Crippen molar-refractivity contribution in [3.63, 3.8) is 0 Å². The molecule has 0 unspecified atom stereocenters. The number of halogens is 1. The standard InChI is InChI=1S/C39H44ClN5O6/c1-23-31(37(48)49)17-18-32(34(23)40)26-9-5-24(6-10-26)19-29(36(47)44-30-15-13-28(14-16-30)35-42-22-43-45-35)20-33(46)27-11-7-25(8-12-27)21-41-38(50)51-39(2,3)4/h5-6,9-10,13-18,25,27,29H,7-8,11-12,19-22H2,1-4H3,(H,41,50)(H,44,47)(H,48,49)/t25?,27?,29-/m1/s1. The predicted molar refractivity (Wildman–Crippen MR) is 196 cm³/mol. The summed E-state index contributed by atoms with van der Waals surface area (Å²) in [6.07, 6.45) is 3.00. The maximum absolute atomic E-state index is 13.8. The second-order valence-corrected chi connectivity index (χ2v) is 14.6.